The van der Waals surface area contributed by atoms with E-state index in [2.05, 4.69) is 31.4 Å². The third kappa shape index (κ3) is 2.96. The topological polar surface area (TPSA) is 78.0 Å². The smallest absolute Gasteiger partial charge is 0.280 e. The predicted octanol–water partition coefficient (Wildman–Crippen LogP) is 1.64. The van der Waals surface area contributed by atoms with E-state index < -0.39 is 0 Å². The van der Waals surface area contributed by atoms with E-state index in [1.807, 2.05) is 24.3 Å². The van der Waals surface area contributed by atoms with Crippen molar-refractivity contribution < 1.29 is 5.11 Å². The molecule has 0 fully saturated rings. The zero-order chi connectivity index (χ0) is 13.0. The molecule has 94 valence electrons. The maximum absolute atomic E-state index is 11.3. The third-order valence-corrected chi connectivity index (χ3v) is 3.27. The van der Waals surface area contributed by atoms with Crippen molar-refractivity contribution in [2.24, 2.45) is 0 Å². The van der Waals surface area contributed by atoms with Gasteiger partial charge >= 0.3 is 0 Å². The number of aromatic nitrogens is 2. The van der Waals surface area contributed by atoms with Crippen LogP contribution < -0.4 is 10.9 Å². The summed E-state index contributed by atoms with van der Waals surface area (Å²) in [6.07, 6.45) is 1.55. The zero-order valence-corrected chi connectivity index (χ0v) is 11.1. The summed E-state index contributed by atoms with van der Waals surface area (Å²) >= 11 is 3.20. The first-order chi connectivity index (χ1) is 8.70. The summed E-state index contributed by atoms with van der Waals surface area (Å²) in [5.41, 5.74) is 2.30. The van der Waals surface area contributed by atoms with Crippen LogP contribution >= 0.6 is 15.9 Å². The summed E-state index contributed by atoms with van der Waals surface area (Å²) in [5, 5.41) is 18.1. The Kier molecular flexibility index (Phi) is 4.11. The van der Waals surface area contributed by atoms with Crippen LogP contribution in [0.5, 0.6) is 0 Å². The van der Waals surface area contributed by atoms with Gasteiger partial charge in [0.15, 0.2) is 0 Å². The van der Waals surface area contributed by atoms with E-state index in [1.165, 1.54) is 0 Å². The highest BCUT2D eigenvalue weighted by Crippen LogP contribution is 2.16. The van der Waals surface area contributed by atoms with Crippen LogP contribution in [0.15, 0.2) is 39.7 Å². The van der Waals surface area contributed by atoms with Gasteiger partial charge in [-0.1, -0.05) is 24.3 Å². The number of aliphatic hydroxyl groups is 1. The van der Waals surface area contributed by atoms with Crippen molar-refractivity contribution in [3.05, 3.63) is 56.4 Å². The number of aliphatic hydroxyl groups excluding tert-OH is 1. The molecule has 1 aromatic heterocycles. The molecule has 0 aliphatic heterocycles. The van der Waals surface area contributed by atoms with Crippen LogP contribution in [-0.4, -0.2) is 15.3 Å². The average Bonchev–Trinajstić information content (AvgIpc) is 2.41. The number of halogens is 1. The first-order valence-corrected chi connectivity index (χ1v) is 6.15. The van der Waals surface area contributed by atoms with E-state index in [0.29, 0.717) is 16.7 Å². The van der Waals surface area contributed by atoms with Gasteiger partial charge in [-0.15, -0.1) is 0 Å². The number of anilines is 1. The SMILES string of the molecule is O=c1[nH]ncc(NCc2ccc(CO)cc2)c1Br. The summed E-state index contributed by atoms with van der Waals surface area (Å²) in [6.45, 7) is 0.618. The summed E-state index contributed by atoms with van der Waals surface area (Å²) in [6, 6.07) is 7.57. The Morgan fingerprint density at radius 3 is 2.61 bits per heavy atom. The summed E-state index contributed by atoms with van der Waals surface area (Å²) in [7, 11) is 0. The fraction of sp³-hybridized carbons (Fsp3) is 0.167. The molecule has 5 nitrogen and oxygen atoms in total. The Bertz CT molecular complexity index is 581. The van der Waals surface area contributed by atoms with Gasteiger partial charge in [0.1, 0.15) is 4.47 Å². The molecule has 0 unspecified atom stereocenters. The Hall–Kier alpha value is -1.66. The third-order valence-electron chi connectivity index (χ3n) is 2.48. The molecule has 0 radical (unpaired) electrons. The van der Waals surface area contributed by atoms with Gasteiger partial charge in [-0.3, -0.25) is 4.79 Å². The van der Waals surface area contributed by atoms with E-state index in [1.54, 1.807) is 6.20 Å². The van der Waals surface area contributed by atoms with E-state index in [-0.39, 0.29) is 12.2 Å². The van der Waals surface area contributed by atoms with Gasteiger partial charge in [0.05, 0.1) is 18.5 Å². The van der Waals surface area contributed by atoms with Crippen molar-refractivity contribution in [2.75, 3.05) is 5.32 Å². The maximum atomic E-state index is 11.3. The lowest BCUT2D eigenvalue weighted by Crippen LogP contribution is -2.12. The standard InChI is InChI=1S/C12H12BrN3O2/c13-11-10(6-15-16-12(11)18)14-5-8-1-3-9(7-17)4-2-8/h1-4,6,17H,5,7H2,(H2,14,16,18). The lowest BCUT2D eigenvalue weighted by atomic mass is 10.1. The van der Waals surface area contributed by atoms with Crippen LogP contribution in [0.4, 0.5) is 5.69 Å². The highest BCUT2D eigenvalue weighted by atomic mass is 79.9. The summed E-state index contributed by atoms with van der Waals surface area (Å²) < 4.78 is 0.435. The number of nitrogens with one attached hydrogen (secondary N) is 2. The van der Waals surface area contributed by atoms with E-state index in [0.717, 1.165) is 11.1 Å². The molecule has 0 aliphatic carbocycles. The number of benzene rings is 1. The Labute approximate surface area is 112 Å². The van der Waals surface area contributed by atoms with E-state index >= 15 is 0 Å². The number of hydrogen-bond acceptors (Lipinski definition) is 4. The quantitative estimate of drug-likeness (QED) is 0.802. The van der Waals surface area contributed by atoms with Crippen LogP contribution in [-0.2, 0) is 13.2 Å². The molecule has 0 aliphatic rings. The lowest BCUT2D eigenvalue weighted by molar-refractivity contribution is 0.282. The van der Waals surface area contributed by atoms with Gasteiger partial charge in [-0.25, -0.2) is 5.10 Å². The van der Waals surface area contributed by atoms with Crippen molar-refractivity contribution in [3.8, 4) is 0 Å². The van der Waals surface area contributed by atoms with Crippen molar-refractivity contribution in [1.29, 1.82) is 0 Å². The first-order valence-electron chi connectivity index (χ1n) is 5.36. The van der Waals surface area contributed by atoms with Gasteiger partial charge < -0.3 is 10.4 Å². The monoisotopic (exact) mass is 309 g/mol. The minimum Gasteiger partial charge on any atom is -0.392 e. The molecule has 2 aromatic rings. The Morgan fingerprint density at radius 2 is 1.94 bits per heavy atom. The van der Waals surface area contributed by atoms with Gasteiger partial charge in [-0.2, -0.15) is 5.10 Å². The highest BCUT2D eigenvalue weighted by Gasteiger charge is 2.03. The van der Waals surface area contributed by atoms with Crippen LogP contribution in [0, 0.1) is 0 Å². The number of H-pyrrole nitrogens is 1. The fourth-order valence-corrected chi connectivity index (χ4v) is 1.80. The second-order valence-electron chi connectivity index (χ2n) is 3.75. The van der Waals surface area contributed by atoms with Gasteiger partial charge in [0.25, 0.3) is 5.56 Å². The van der Waals surface area contributed by atoms with E-state index in [4.69, 9.17) is 5.11 Å². The molecule has 0 atom stereocenters. The second kappa shape index (κ2) is 5.79. The largest absolute Gasteiger partial charge is 0.392 e. The second-order valence-corrected chi connectivity index (χ2v) is 4.55. The van der Waals surface area contributed by atoms with Crippen LogP contribution in [0.3, 0.4) is 0 Å². The Morgan fingerprint density at radius 1 is 1.28 bits per heavy atom. The lowest BCUT2D eigenvalue weighted by Gasteiger charge is -2.07. The van der Waals surface area contributed by atoms with Crippen molar-refractivity contribution in [3.63, 3.8) is 0 Å². The van der Waals surface area contributed by atoms with Crippen molar-refractivity contribution in [2.45, 2.75) is 13.2 Å². The molecule has 0 bridgehead atoms. The molecule has 18 heavy (non-hydrogen) atoms. The molecule has 3 N–H and O–H groups in total. The van der Waals surface area contributed by atoms with Crippen LogP contribution in [0.1, 0.15) is 11.1 Å². The molecule has 1 aromatic carbocycles. The molecule has 0 amide bonds. The number of nitrogens with zero attached hydrogens (tertiary/aromatic N) is 1. The number of aromatic amines is 1. The molecule has 6 heteroatoms. The maximum Gasteiger partial charge on any atom is 0.280 e. The van der Waals surface area contributed by atoms with Crippen molar-refractivity contribution >= 4 is 21.6 Å². The minimum absolute atomic E-state index is 0.0389. The molecule has 0 spiro atoms. The van der Waals surface area contributed by atoms with Gasteiger partial charge in [0.2, 0.25) is 0 Å². The predicted molar refractivity (Wildman–Crippen MR) is 72.2 cm³/mol. The molecule has 0 saturated carbocycles. The molecule has 0 saturated heterocycles. The van der Waals surface area contributed by atoms with Gasteiger partial charge in [0, 0.05) is 6.54 Å². The van der Waals surface area contributed by atoms with Gasteiger partial charge in [-0.05, 0) is 27.1 Å². The zero-order valence-electron chi connectivity index (χ0n) is 9.48. The number of hydrogen-bond donors (Lipinski definition) is 3. The molecular weight excluding hydrogens is 298 g/mol. The fourth-order valence-electron chi connectivity index (χ4n) is 1.47. The molecular formula is C12H12BrN3O2. The van der Waals surface area contributed by atoms with Crippen LogP contribution in [0.25, 0.3) is 0 Å². The minimum atomic E-state index is -0.268. The van der Waals surface area contributed by atoms with Crippen molar-refractivity contribution in [1.82, 2.24) is 10.2 Å². The summed E-state index contributed by atoms with van der Waals surface area (Å²) in [4.78, 5) is 11.3. The Balaban J connectivity index is 2.06. The normalized spacial score (nSPS) is 10.3. The van der Waals surface area contributed by atoms with E-state index in [9.17, 15) is 4.79 Å². The number of rotatable bonds is 4. The highest BCUT2D eigenvalue weighted by molar-refractivity contribution is 9.10. The molecule has 1 heterocycles. The first kappa shape index (κ1) is 12.8. The summed E-state index contributed by atoms with van der Waals surface area (Å²) in [5.74, 6) is 0. The molecule has 2 rings (SSSR count). The van der Waals surface area contributed by atoms with Crippen LogP contribution in [0.2, 0.25) is 0 Å². The average molecular weight is 310 g/mol.